The van der Waals surface area contributed by atoms with Crippen molar-refractivity contribution in [3.8, 4) is 5.75 Å². The molecule has 3 nitrogen and oxygen atoms in total. The fourth-order valence-corrected chi connectivity index (χ4v) is 2.31. The minimum atomic E-state index is 0.782. The number of fused-ring (bicyclic) bond motifs is 2. The predicted octanol–water partition coefficient (Wildman–Crippen LogP) is 2.60. The number of ether oxygens (including phenoxy) is 1. The first-order valence-corrected chi connectivity index (χ1v) is 7.08. The molecule has 2 aliphatic rings. The Kier molecular flexibility index (Phi) is 4.88. The molecule has 0 atom stereocenters. The Balaban J connectivity index is 0.000000367. The lowest BCUT2D eigenvalue weighted by Crippen LogP contribution is -2.18. The van der Waals surface area contributed by atoms with E-state index in [2.05, 4.69) is 36.6 Å². The minimum absolute atomic E-state index is 0.782. The zero-order valence-corrected chi connectivity index (χ0v) is 11.5. The lowest BCUT2D eigenvalue weighted by molar-refractivity contribution is 0.323. The number of hydrogen-bond donors (Lipinski definition) is 2. The maximum absolute atomic E-state index is 5.65. The third-order valence-corrected chi connectivity index (χ3v) is 3.12. The van der Waals surface area contributed by atoms with Gasteiger partial charge in [-0.1, -0.05) is 20.3 Å². The summed E-state index contributed by atoms with van der Waals surface area (Å²) in [5, 5.41) is 6.81. The van der Waals surface area contributed by atoms with E-state index < -0.39 is 0 Å². The van der Waals surface area contributed by atoms with Crippen molar-refractivity contribution in [2.45, 2.75) is 33.1 Å². The van der Waals surface area contributed by atoms with E-state index in [-0.39, 0.29) is 0 Å². The van der Waals surface area contributed by atoms with Crippen molar-refractivity contribution in [3.05, 3.63) is 23.3 Å². The van der Waals surface area contributed by atoms with Crippen molar-refractivity contribution < 1.29 is 4.74 Å². The van der Waals surface area contributed by atoms with Crippen LogP contribution in [0.2, 0.25) is 0 Å². The van der Waals surface area contributed by atoms with E-state index in [1.807, 2.05) is 0 Å². The van der Waals surface area contributed by atoms with Gasteiger partial charge in [0.05, 0.1) is 5.69 Å². The molecule has 2 aliphatic heterocycles. The molecule has 0 fully saturated rings. The Bertz CT molecular complexity index is 355. The molecule has 0 saturated carbocycles. The summed E-state index contributed by atoms with van der Waals surface area (Å²) in [7, 11) is 0. The molecule has 0 amide bonds. The van der Waals surface area contributed by atoms with Crippen molar-refractivity contribution in [2.75, 3.05) is 31.6 Å². The molecule has 1 aromatic rings. The van der Waals surface area contributed by atoms with Gasteiger partial charge in [-0.05, 0) is 49.2 Å². The van der Waals surface area contributed by atoms with Crippen LogP contribution in [-0.4, -0.2) is 26.2 Å². The summed E-state index contributed by atoms with van der Waals surface area (Å²) in [6.45, 7) is 8.12. The predicted molar refractivity (Wildman–Crippen MR) is 76.7 cm³/mol. The normalized spacial score (nSPS) is 17.0. The second-order valence-corrected chi connectivity index (χ2v) is 4.85. The summed E-state index contributed by atoms with van der Waals surface area (Å²) < 4.78 is 5.65. The fourth-order valence-electron chi connectivity index (χ4n) is 2.31. The Labute approximate surface area is 110 Å². The van der Waals surface area contributed by atoms with Crippen LogP contribution in [0.5, 0.6) is 5.75 Å². The van der Waals surface area contributed by atoms with Gasteiger partial charge in [0.2, 0.25) is 0 Å². The Morgan fingerprint density at radius 1 is 1.06 bits per heavy atom. The van der Waals surface area contributed by atoms with Crippen LogP contribution in [0.25, 0.3) is 0 Å². The van der Waals surface area contributed by atoms with Crippen molar-refractivity contribution in [3.63, 3.8) is 0 Å². The molecular weight excluding hydrogens is 224 g/mol. The van der Waals surface area contributed by atoms with Crippen molar-refractivity contribution in [2.24, 2.45) is 0 Å². The standard InChI is InChI=1S/C12H16N2O.C3H8/c1-3-13-4-2-10-8-12-11(7-9(1)10)14-5-6-15-12;1-3-2/h7-8,13-14H,1-6H2;3H2,1-2H3. The molecule has 0 spiro atoms. The second kappa shape index (κ2) is 6.64. The number of rotatable bonds is 0. The van der Waals surface area contributed by atoms with Gasteiger partial charge in [-0.3, -0.25) is 0 Å². The molecule has 18 heavy (non-hydrogen) atoms. The first kappa shape index (κ1) is 13.2. The molecule has 100 valence electrons. The van der Waals surface area contributed by atoms with E-state index >= 15 is 0 Å². The highest BCUT2D eigenvalue weighted by molar-refractivity contribution is 5.61. The molecule has 2 N–H and O–H groups in total. The molecule has 0 radical (unpaired) electrons. The maximum Gasteiger partial charge on any atom is 0.142 e. The number of anilines is 1. The maximum atomic E-state index is 5.65. The van der Waals surface area contributed by atoms with Gasteiger partial charge in [0.1, 0.15) is 12.4 Å². The van der Waals surface area contributed by atoms with Crippen LogP contribution in [0.4, 0.5) is 5.69 Å². The number of hydrogen-bond acceptors (Lipinski definition) is 3. The average Bonchev–Trinajstić information content (AvgIpc) is 2.61. The van der Waals surface area contributed by atoms with E-state index in [1.165, 1.54) is 23.2 Å². The lowest BCUT2D eigenvalue weighted by Gasteiger charge is -2.21. The summed E-state index contributed by atoms with van der Waals surface area (Å²) >= 11 is 0. The highest BCUT2D eigenvalue weighted by Gasteiger charge is 2.15. The van der Waals surface area contributed by atoms with Gasteiger partial charge in [-0.15, -0.1) is 0 Å². The highest BCUT2D eigenvalue weighted by Crippen LogP contribution is 2.31. The summed E-state index contributed by atoms with van der Waals surface area (Å²) in [4.78, 5) is 0. The van der Waals surface area contributed by atoms with Crippen LogP contribution in [-0.2, 0) is 12.8 Å². The average molecular weight is 248 g/mol. The number of benzene rings is 1. The van der Waals surface area contributed by atoms with Gasteiger partial charge in [-0.2, -0.15) is 0 Å². The van der Waals surface area contributed by atoms with Gasteiger partial charge < -0.3 is 15.4 Å². The summed E-state index contributed by atoms with van der Waals surface area (Å²) in [5.74, 6) is 1.03. The van der Waals surface area contributed by atoms with E-state index in [1.54, 1.807) is 0 Å². The smallest absolute Gasteiger partial charge is 0.142 e. The molecule has 0 unspecified atom stereocenters. The van der Waals surface area contributed by atoms with Gasteiger partial charge in [0.15, 0.2) is 0 Å². The monoisotopic (exact) mass is 248 g/mol. The van der Waals surface area contributed by atoms with Gasteiger partial charge >= 0.3 is 0 Å². The molecule has 1 aromatic carbocycles. The van der Waals surface area contributed by atoms with Crippen molar-refractivity contribution >= 4 is 5.69 Å². The molecule has 3 rings (SSSR count). The Morgan fingerprint density at radius 3 is 2.44 bits per heavy atom. The Hall–Kier alpha value is -1.22. The first-order chi connectivity index (χ1) is 8.85. The van der Waals surface area contributed by atoms with Gasteiger partial charge in [-0.25, -0.2) is 0 Å². The van der Waals surface area contributed by atoms with E-state index in [9.17, 15) is 0 Å². The fraction of sp³-hybridized carbons (Fsp3) is 0.600. The third-order valence-electron chi connectivity index (χ3n) is 3.12. The highest BCUT2D eigenvalue weighted by atomic mass is 16.5. The summed E-state index contributed by atoms with van der Waals surface area (Å²) in [6, 6.07) is 4.47. The van der Waals surface area contributed by atoms with Crippen LogP contribution >= 0.6 is 0 Å². The van der Waals surface area contributed by atoms with Crippen LogP contribution in [0.1, 0.15) is 31.4 Å². The summed E-state index contributed by atoms with van der Waals surface area (Å²) in [5.41, 5.74) is 4.08. The first-order valence-electron chi connectivity index (χ1n) is 7.08. The zero-order chi connectivity index (χ0) is 12.8. The lowest BCUT2D eigenvalue weighted by atomic mass is 10.0. The SMILES string of the molecule is CCC.c1c2c(cc3c1NCCO3)CCNCC2. The molecule has 2 heterocycles. The van der Waals surface area contributed by atoms with Gasteiger partial charge in [0.25, 0.3) is 0 Å². The third kappa shape index (κ3) is 3.16. The van der Waals surface area contributed by atoms with Crippen LogP contribution < -0.4 is 15.4 Å². The molecular formula is C15H24N2O. The number of nitrogens with one attached hydrogen (secondary N) is 2. The van der Waals surface area contributed by atoms with Crippen LogP contribution in [0, 0.1) is 0 Å². The molecule has 3 heteroatoms. The van der Waals surface area contributed by atoms with Crippen LogP contribution in [0.3, 0.4) is 0 Å². The van der Waals surface area contributed by atoms with E-state index in [4.69, 9.17) is 4.74 Å². The van der Waals surface area contributed by atoms with Crippen LogP contribution in [0.15, 0.2) is 12.1 Å². The second-order valence-electron chi connectivity index (χ2n) is 4.85. The Morgan fingerprint density at radius 2 is 1.72 bits per heavy atom. The molecule has 0 bridgehead atoms. The van der Waals surface area contributed by atoms with Crippen molar-refractivity contribution in [1.29, 1.82) is 0 Å². The van der Waals surface area contributed by atoms with E-state index in [0.29, 0.717) is 0 Å². The minimum Gasteiger partial charge on any atom is -0.490 e. The molecule has 0 aromatic heterocycles. The van der Waals surface area contributed by atoms with Crippen molar-refractivity contribution in [1.82, 2.24) is 5.32 Å². The molecule has 0 saturated heterocycles. The topological polar surface area (TPSA) is 33.3 Å². The zero-order valence-electron chi connectivity index (χ0n) is 11.5. The summed E-state index contributed by atoms with van der Waals surface area (Å²) in [6.07, 6.45) is 3.50. The quantitative estimate of drug-likeness (QED) is 0.740. The molecule has 0 aliphatic carbocycles. The largest absolute Gasteiger partial charge is 0.490 e. The van der Waals surface area contributed by atoms with E-state index in [0.717, 1.165) is 44.8 Å². The van der Waals surface area contributed by atoms with Gasteiger partial charge in [0, 0.05) is 6.54 Å².